The Labute approximate surface area is 370 Å². The Morgan fingerprint density at radius 3 is 2.12 bits per heavy atom. The Bertz CT molecular complexity index is 2510. The number of hydrogen-bond acceptors (Lipinski definition) is 11. The molecular formula is C45H46ClF5N8O5. The highest BCUT2D eigenvalue weighted by atomic mass is 35.5. The zero-order chi connectivity index (χ0) is 45.1. The predicted octanol–water partition coefficient (Wildman–Crippen LogP) is 8.72. The molecule has 7 heterocycles. The summed E-state index contributed by atoms with van der Waals surface area (Å²) in [5.41, 5.74) is -2.52. The maximum absolute atomic E-state index is 17.6. The highest BCUT2D eigenvalue weighted by Gasteiger charge is 2.50. The van der Waals surface area contributed by atoms with Gasteiger partial charge in [-0.25, -0.2) is 23.5 Å². The Hall–Kier alpha value is -5.75. The lowest BCUT2D eigenvalue weighted by Gasteiger charge is -2.40. The minimum atomic E-state index is -5.01. The summed E-state index contributed by atoms with van der Waals surface area (Å²) >= 11 is 6.95. The third kappa shape index (κ3) is 8.14. The molecule has 0 unspecified atom stereocenters. The van der Waals surface area contributed by atoms with Crippen LogP contribution in [0.2, 0.25) is 5.15 Å². The molecule has 64 heavy (non-hydrogen) atoms. The molecule has 0 spiro atoms. The van der Waals surface area contributed by atoms with E-state index in [2.05, 4.69) is 15.0 Å². The molecule has 4 fully saturated rings. The first kappa shape index (κ1) is 43.5. The zero-order valence-corrected chi connectivity index (χ0v) is 36.1. The van der Waals surface area contributed by atoms with Gasteiger partial charge in [-0.1, -0.05) is 35.9 Å². The number of rotatable bonds is 12. The van der Waals surface area contributed by atoms with Crippen molar-refractivity contribution in [3.8, 4) is 28.9 Å². The van der Waals surface area contributed by atoms with Crippen molar-refractivity contribution < 1.29 is 46.1 Å². The Morgan fingerprint density at radius 2 is 1.55 bits per heavy atom. The van der Waals surface area contributed by atoms with Crippen molar-refractivity contribution in [3.63, 3.8) is 0 Å². The Morgan fingerprint density at radius 1 is 0.922 bits per heavy atom. The number of fused-ring (bicyclic) bond motifs is 4. The van der Waals surface area contributed by atoms with Crippen molar-refractivity contribution in [2.45, 2.75) is 82.1 Å². The standard InChI is InChI=1S/C45H46ClF5N8O5/c1-25-17-33(56(19-26-5-11-31(62-2)12-6-26)20-27-7-13-32(63-3)14-8-27)52-38(35(25)45(49,50)51)39-36(48)37-34(40(46)53-39)41(57-22-29-9-10-30(23-57)59(29)43(60)61)55-42(54-37)64-24-44-15-4-16-58(44)21-28(47)18-44/h5-8,11-14,17,28-30H,4,9-10,15-16,18-24H2,1-3H3,(H,60,61)/t28-,29-,30+,44+/m1/s1. The summed E-state index contributed by atoms with van der Waals surface area (Å²) in [4.78, 5) is 37.2. The van der Waals surface area contributed by atoms with Gasteiger partial charge in [0.15, 0.2) is 5.82 Å². The van der Waals surface area contributed by atoms with Gasteiger partial charge in [0.25, 0.3) is 0 Å². The number of carbonyl (C=O) groups is 1. The van der Waals surface area contributed by atoms with E-state index in [-0.39, 0.29) is 79.5 Å². The van der Waals surface area contributed by atoms with Gasteiger partial charge in [-0.05, 0) is 86.2 Å². The number of anilines is 2. The third-order valence-corrected chi connectivity index (χ3v) is 13.3. The summed E-state index contributed by atoms with van der Waals surface area (Å²) in [5, 5.41) is 9.51. The summed E-state index contributed by atoms with van der Waals surface area (Å²) in [5.74, 6) is 0.199. The largest absolute Gasteiger partial charge is 0.497 e. The zero-order valence-electron chi connectivity index (χ0n) is 35.3. The molecule has 0 aliphatic carbocycles. The molecule has 4 aliphatic heterocycles. The molecule has 0 radical (unpaired) electrons. The fourth-order valence-electron chi connectivity index (χ4n) is 10.0. The molecule has 9 rings (SSSR count). The topological polar surface area (TPSA) is 130 Å². The van der Waals surface area contributed by atoms with Gasteiger partial charge < -0.3 is 29.1 Å². The van der Waals surface area contributed by atoms with E-state index in [1.807, 2.05) is 29.2 Å². The highest BCUT2D eigenvalue weighted by molar-refractivity contribution is 6.35. The van der Waals surface area contributed by atoms with Crippen molar-refractivity contribution in [1.82, 2.24) is 29.7 Å². The monoisotopic (exact) mass is 908 g/mol. The quantitative estimate of drug-likeness (QED) is 0.0950. The molecule has 4 aliphatic rings. The lowest BCUT2D eigenvalue weighted by atomic mass is 9.95. The van der Waals surface area contributed by atoms with Gasteiger partial charge >= 0.3 is 18.3 Å². The lowest BCUT2D eigenvalue weighted by molar-refractivity contribution is -0.137. The SMILES string of the molecule is COc1ccc(CN(Cc2ccc(OC)cc2)c2cc(C)c(C(F)(F)F)c(-c3nc(Cl)c4c(N5C[C@H]6CC[C@@H](C5)N6C(=O)O)nc(OC[C@@]56CCCN5C[C@H](F)C6)nc4c3F)n2)cc1. The second-order valence-corrected chi connectivity index (χ2v) is 17.4. The smallest absolute Gasteiger partial charge is 0.418 e. The fraction of sp³-hybridized carbons (Fsp3) is 0.444. The average molecular weight is 909 g/mol. The van der Waals surface area contributed by atoms with E-state index >= 15 is 17.6 Å². The molecule has 1 amide bonds. The van der Waals surface area contributed by atoms with Crippen LogP contribution in [0, 0.1) is 12.7 Å². The first-order valence-electron chi connectivity index (χ1n) is 21.1. The predicted molar refractivity (Wildman–Crippen MR) is 229 cm³/mol. The van der Waals surface area contributed by atoms with E-state index in [1.54, 1.807) is 48.3 Å². The number of piperazine rings is 1. The van der Waals surface area contributed by atoms with Gasteiger partial charge in [0.2, 0.25) is 0 Å². The summed E-state index contributed by atoms with van der Waals surface area (Å²) in [6.07, 6.45) is -4.21. The van der Waals surface area contributed by atoms with Crippen LogP contribution in [0.25, 0.3) is 22.3 Å². The van der Waals surface area contributed by atoms with Crippen LogP contribution in [0.1, 0.15) is 54.4 Å². The van der Waals surface area contributed by atoms with Crippen LogP contribution in [-0.2, 0) is 19.3 Å². The van der Waals surface area contributed by atoms with Crippen molar-refractivity contribution in [1.29, 1.82) is 0 Å². The number of hydrogen-bond donors (Lipinski definition) is 1. The number of amides is 1. The fourth-order valence-corrected chi connectivity index (χ4v) is 10.3. The van der Waals surface area contributed by atoms with Crippen molar-refractivity contribution >= 4 is 40.2 Å². The molecule has 0 saturated carbocycles. The number of aryl methyl sites for hydroxylation is 1. The summed E-state index contributed by atoms with van der Waals surface area (Å²) in [7, 11) is 3.09. The number of pyridine rings is 2. The Kier molecular flexibility index (Phi) is 11.5. The minimum absolute atomic E-state index is 0.0110. The van der Waals surface area contributed by atoms with Crippen LogP contribution in [-0.4, -0.2) is 112 Å². The van der Waals surface area contributed by atoms with E-state index in [0.29, 0.717) is 37.3 Å². The molecule has 13 nitrogen and oxygen atoms in total. The number of methoxy groups -OCH3 is 2. The maximum atomic E-state index is 17.6. The van der Waals surface area contributed by atoms with Gasteiger partial charge in [-0.3, -0.25) is 9.80 Å². The van der Waals surface area contributed by atoms with Crippen molar-refractivity contribution in [3.05, 3.63) is 87.8 Å². The number of carboxylic acid groups (broad SMARTS) is 1. The van der Waals surface area contributed by atoms with Crippen LogP contribution in [0.5, 0.6) is 17.5 Å². The van der Waals surface area contributed by atoms with Gasteiger partial charge in [-0.15, -0.1) is 0 Å². The van der Waals surface area contributed by atoms with E-state index < -0.39 is 64.3 Å². The third-order valence-electron chi connectivity index (χ3n) is 13.0. The lowest BCUT2D eigenvalue weighted by Crippen LogP contribution is -2.55. The second-order valence-electron chi connectivity index (χ2n) is 17.0. The number of alkyl halides is 4. The van der Waals surface area contributed by atoms with E-state index in [4.69, 9.17) is 30.8 Å². The average Bonchev–Trinajstić information content (AvgIpc) is 3.89. The molecule has 2 bridgehead atoms. The molecule has 1 N–H and O–H groups in total. The number of nitrogens with zero attached hydrogens (tertiary/aromatic N) is 8. The number of benzene rings is 2. The highest BCUT2D eigenvalue weighted by Crippen LogP contribution is 2.45. The summed E-state index contributed by atoms with van der Waals surface area (Å²) in [6.45, 7) is 2.95. The number of halogens is 6. The van der Waals surface area contributed by atoms with E-state index in [1.165, 1.54) is 17.9 Å². The van der Waals surface area contributed by atoms with Crippen LogP contribution < -0.4 is 24.0 Å². The van der Waals surface area contributed by atoms with Crippen LogP contribution in [0.15, 0.2) is 54.6 Å². The van der Waals surface area contributed by atoms with Gasteiger partial charge in [0, 0.05) is 39.1 Å². The molecule has 5 aromatic rings. The molecule has 19 heteroatoms. The van der Waals surface area contributed by atoms with Crippen LogP contribution >= 0.6 is 11.6 Å². The van der Waals surface area contributed by atoms with Crippen LogP contribution in [0.4, 0.5) is 38.4 Å². The second kappa shape index (κ2) is 17.0. The molecule has 338 valence electrons. The van der Waals surface area contributed by atoms with Crippen molar-refractivity contribution in [2.24, 2.45) is 0 Å². The van der Waals surface area contributed by atoms with Gasteiger partial charge in [-0.2, -0.15) is 23.1 Å². The first-order valence-corrected chi connectivity index (χ1v) is 21.5. The summed E-state index contributed by atoms with van der Waals surface area (Å²) in [6, 6.07) is 14.6. The maximum Gasteiger partial charge on any atom is 0.418 e. The number of ether oxygens (including phenoxy) is 3. The normalized spacial score (nSPS) is 22.0. The van der Waals surface area contributed by atoms with Crippen LogP contribution in [0.3, 0.4) is 0 Å². The summed E-state index contributed by atoms with van der Waals surface area (Å²) < 4.78 is 95.0. The molecule has 4 saturated heterocycles. The first-order chi connectivity index (χ1) is 30.6. The van der Waals surface area contributed by atoms with Crippen molar-refractivity contribution in [2.75, 3.05) is 56.8 Å². The van der Waals surface area contributed by atoms with Gasteiger partial charge in [0.1, 0.15) is 58.0 Å². The molecular weight excluding hydrogens is 863 g/mol. The van der Waals surface area contributed by atoms with E-state index in [0.717, 1.165) is 17.5 Å². The number of aromatic nitrogens is 4. The Balaban J connectivity index is 1.18. The molecule has 3 aromatic heterocycles. The minimum Gasteiger partial charge on any atom is -0.497 e. The van der Waals surface area contributed by atoms with Gasteiger partial charge in [0.05, 0.1) is 42.8 Å². The molecule has 4 atom stereocenters. The molecule has 2 aromatic carbocycles. The van der Waals surface area contributed by atoms with E-state index in [9.17, 15) is 14.3 Å².